The summed E-state index contributed by atoms with van der Waals surface area (Å²) in [7, 11) is 1.83. The highest BCUT2D eigenvalue weighted by Gasteiger charge is 2.19. The Morgan fingerprint density at radius 1 is 1.64 bits per heavy atom. The van der Waals surface area contributed by atoms with Crippen LogP contribution in [0, 0.1) is 6.92 Å². The van der Waals surface area contributed by atoms with Crippen molar-refractivity contribution in [1.29, 1.82) is 0 Å². The Balaban J connectivity index is 2.77. The van der Waals surface area contributed by atoms with Crippen LogP contribution in [0.2, 0.25) is 0 Å². The van der Waals surface area contributed by atoms with Crippen molar-refractivity contribution < 1.29 is 9.90 Å². The number of rotatable bonds is 4. The van der Waals surface area contributed by atoms with E-state index >= 15 is 0 Å². The van der Waals surface area contributed by atoms with E-state index in [9.17, 15) is 4.79 Å². The molecule has 78 valence electrons. The van der Waals surface area contributed by atoms with Gasteiger partial charge in [-0.25, -0.2) is 0 Å². The van der Waals surface area contributed by atoms with Crippen molar-refractivity contribution in [3.05, 3.63) is 5.82 Å². The number of carbonyl (C=O) groups is 1. The van der Waals surface area contributed by atoms with E-state index in [-0.39, 0.29) is 0 Å². The standard InChI is InChI=1S/C8H13N3O2S/c1-4-6(7(12)13)14-8-10-9-5(2)11(8)3/h6H,4H2,1-3H3,(H,12,13)/t6-/m0/s1. The van der Waals surface area contributed by atoms with Gasteiger partial charge in [-0.05, 0) is 13.3 Å². The molecule has 5 nitrogen and oxygen atoms in total. The summed E-state index contributed by atoms with van der Waals surface area (Å²) in [6, 6.07) is 0. The Morgan fingerprint density at radius 3 is 2.64 bits per heavy atom. The van der Waals surface area contributed by atoms with Crippen molar-refractivity contribution >= 4 is 17.7 Å². The molecule has 6 heteroatoms. The van der Waals surface area contributed by atoms with Crippen molar-refractivity contribution in [1.82, 2.24) is 14.8 Å². The Morgan fingerprint density at radius 2 is 2.29 bits per heavy atom. The second-order valence-electron chi connectivity index (χ2n) is 2.94. The monoisotopic (exact) mass is 215 g/mol. The molecule has 0 bridgehead atoms. The van der Waals surface area contributed by atoms with Gasteiger partial charge in [-0.3, -0.25) is 4.79 Å². The molecular weight excluding hydrogens is 202 g/mol. The predicted molar refractivity (Wildman–Crippen MR) is 53.3 cm³/mol. The van der Waals surface area contributed by atoms with Gasteiger partial charge in [-0.1, -0.05) is 18.7 Å². The molecule has 0 aliphatic rings. The lowest BCUT2D eigenvalue weighted by atomic mass is 10.3. The van der Waals surface area contributed by atoms with E-state index in [0.717, 1.165) is 5.82 Å². The van der Waals surface area contributed by atoms with Gasteiger partial charge in [0, 0.05) is 7.05 Å². The summed E-state index contributed by atoms with van der Waals surface area (Å²) < 4.78 is 1.79. The van der Waals surface area contributed by atoms with Crippen LogP contribution in [0.3, 0.4) is 0 Å². The third-order valence-corrected chi connectivity index (χ3v) is 3.33. The molecule has 0 saturated carbocycles. The normalized spacial score (nSPS) is 12.8. The van der Waals surface area contributed by atoms with Gasteiger partial charge in [0.15, 0.2) is 5.16 Å². The topological polar surface area (TPSA) is 68.0 Å². The van der Waals surface area contributed by atoms with Crippen LogP contribution in [0.1, 0.15) is 19.2 Å². The minimum absolute atomic E-state index is 0.447. The first-order chi connectivity index (χ1) is 6.56. The van der Waals surface area contributed by atoms with Gasteiger partial charge >= 0.3 is 5.97 Å². The van der Waals surface area contributed by atoms with Crippen molar-refractivity contribution in [3.8, 4) is 0 Å². The maximum absolute atomic E-state index is 10.8. The molecule has 0 aromatic carbocycles. The number of carboxylic acid groups (broad SMARTS) is 1. The van der Waals surface area contributed by atoms with Crippen LogP contribution in [-0.4, -0.2) is 31.1 Å². The van der Waals surface area contributed by atoms with E-state index < -0.39 is 11.2 Å². The molecule has 1 rings (SSSR count). The Kier molecular flexibility index (Phi) is 3.51. The SMILES string of the molecule is CC[C@H](Sc1nnc(C)n1C)C(=O)O. The molecule has 0 spiro atoms. The summed E-state index contributed by atoms with van der Waals surface area (Å²) in [6.45, 7) is 3.67. The molecule has 1 aromatic heterocycles. The molecule has 14 heavy (non-hydrogen) atoms. The Bertz CT molecular complexity index is 337. The summed E-state index contributed by atoms with van der Waals surface area (Å²) >= 11 is 1.23. The van der Waals surface area contributed by atoms with Crippen LogP contribution in [0.25, 0.3) is 0 Å². The smallest absolute Gasteiger partial charge is 0.317 e. The van der Waals surface area contributed by atoms with Gasteiger partial charge in [0.25, 0.3) is 0 Å². The molecule has 0 aliphatic heterocycles. The largest absolute Gasteiger partial charge is 0.480 e. The second-order valence-corrected chi connectivity index (χ2v) is 4.11. The lowest BCUT2D eigenvalue weighted by Gasteiger charge is -2.07. The number of thioether (sulfide) groups is 1. The molecule has 1 heterocycles. The van der Waals surface area contributed by atoms with Gasteiger partial charge in [-0.15, -0.1) is 10.2 Å². The fraction of sp³-hybridized carbons (Fsp3) is 0.625. The van der Waals surface area contributed by atoms with Gasteiger partial charge in [-0.2, -0.15) is 0 Å². The average Bonchev–Trinajstić information content (AvgIpc) is 2.44. The van der Waals surface area contributed by atoms with E-state index in [2.05, 4.69) is 10.2 Å². The summed E-state index contributed by atoms with van der Waals surface area (Å²) in [5.74, 6) is -0.0223. The molecule has 1 aromatic rings. The van der Waals surface area contributed by atoms with Gasteiger partial charge in [0.1, 0.15) is 11.1 Å². The maximum atomic E-state index is 10.8. The first kappa shape index (κ1) is 11.0. The minimum atomic E-state index is -0.807. The number of nitrogens with zero attached hydrogens (tertiary/aromatic N) is 3. The summed E-state index contributed by atoms with van der Waals surface area (Å²) in [5, 5.41) is 16.8. The highest BCUT2D eigenvalue weighted by atomic mass is 32.2. The lowest BCUT2D eigenvalue weighted by molar-refractivity contribution is -0.136. The summed E-state index contributed by atoms with van der Waals surface area (Å²) in [4.78, 5) is 10.8. The van der Waals surface area contributed by atoms with E-state index in [1.54, 1.807) is 4.57 Å². The molecule has 1 atom stereocenters. The molecule has 0 amide bonds. The quantitative estimate of drug-likeness (QED) is 0.761. The van der Waals surface area contributed by atoms with E-state index in [1.165, 1.54) is 11.8 Å². The highest BCUT2D eigenvalue weighted by Crippen LogP contribution is 2.23. The minimum Gasteiger partial charge on any atom is -0.480 e. The fourth-order valence-electron chi connectivity index (χ4n) is 0.926. The Hall–Kier alpha value is -1.04. The maximum Gasteiger partial charge on any atom is 0.317 e. The number of hydrogen-bond donors (Lipinski definition) is 1. The van der Waals surface area contributed by atoms with Crippen LogP contribution in [0.15, 0.2) is 5.16 Å². The summed E-state index contributed by atoms with van der Waals surface area (Å²) in [6.07, 6.45) is 0.575. The van der Waals surface area contributed by atoms with Crippen LogP contribution in [0.5, 0.6) is 0 Å². The molecule has 1 N–H and O–H groups in total. The second kappa shape index (κ2) is 4.45. The van der Waals surface area contributed by atoms with Gasteiger partial charge in [0.2, 0.25) is 0 Å². The van der Waals surface area contributed by atoms with Crippen molar-refractivity contribution in [2.45, 2.75) is 30.7 Å². The zero-order valence-electron chi connectivity index (χ0n) is 8.39. The van der Waals surface area contributed by atoms with E-state index in [0.29, 0.717) is 11.6 Å². The molecule has 0 unspecified atom stereocenters. The van der Waals surface area contributed by atoms with Crippen LogP contribution >= 0.6 is 11.8 Å². The van der Waals surface area contributed by atoms with Crippen molar-refractivity contribution in [3.63, 3.8) is 0 Å². The number of aryl methyl sites for hydroxylation is 1. The van der Waals surface area contributed by atoms with E-state index in [1.807, 2.05) is 20.9 Å². The predicted octanol–water partition coefficient (Wildman–Crippen LogP) is 1.08. The molecule has 0 aliphatic carbocycles. The van der Waals surface area contributed by atoms with Crippen LogP contribution in [0.4, 0.5) is 0 Å². The molecule has 0 fully saturated rings. The molecular formula is C8H13N3O2S. The van der Waals surface area contributed by atoms with Gasteiger partial charge < -0.3 is 9.67 Å². The summed E-state index contributed by atoms with van der Waals surface area (Å²) in [5.41, 5.74) is 0. The highest BCUT2D eigenvalue weighted by molar-refractivity contribution is 8.00. The van der Waals surface area contributed by atoms with Crippen LogP contribution < -0.4 is 0 Å². The zero-order chi connectivity index (χ0) is 10.7. The third-order valence-electron chi connectivity index (χ3n) is 1.95. The van der Waals surface area contributed by atoms with Crippen LogP contribution in [-0.2, 0) is 11.8 Å². The lowest BCUT2D eigenvalue weighted by Crippen LogP contribution is -2.15. The number of aromatic nitrogens is 3. The Labute approximate surface area is 86.5 Å². The van der Waals surface area contributed by atoms with Gasteiger partial charge in [0.05, 0.1) is 0 Å². The zero-order valence-corrected chi connectivity index (χ0v) is 9.21. The van der Waals surface area contributed by atoms with Crippen molar-refractivity contribution in [2.24, 2.45) is 7.05 Å². The van der Waals surface area contributed by atoms with Crippen molar-refractivity contribution in [2.75, 3.05) is 0 Å². The third kappa shape index (κ3) is 2.25. The number of hydrogen-bond acceptors (Lipinski definition) is 4. The number of aliphatic carboxylic acids is 1. The van der Waals surface area contributed by atoms with E-state index in [4.69, 9.17) is 5.11 Å². The fourth-order valence-corrected chi connectivity index (χ4v) is 1.83. The first-order valence-electron chi connectivity index (χ1n) is 4.31. The molecule has 0 radical (unpaired) electrons. The number of carboxylic acids is 1. The first-order valence-corrected chi connectivity index (χ1v) is 5.19. The average molecular weight is 215 g/mol. The molecule has 0 saturated heterocycles.